The molecule has 0 spiro atoms. The average molecular weight is 507 g/mol. The maximum Gasteiger partial charge on any atom is 0.356 e. The van der Waals surface area contributed by atoms with E-state index in [0.29, 0.717) is 23.3 Å². The van der Waals surface area contributed by atoms with Crippen molar-refractivity contribution in [3.63, 3.8) is 0 Å². The SMILES string of the molecule is COC(=O)c1c(NC(=O)Cc2ccccc2)c2cc(NCc3c(F)cccc3F)cnc2n1CC(C)C. The van der Waals surface area contributed by atoms with Crippen LogP contribution in [0.25, 0.3) is 11.0 Å². The lowest BCUT2D eigenvalue weighted by Gasteiger charge is -2.12. The van der Waals surface area contributed by atoms with Gasteiger partial charge in [-0.3, -0.25) is 4.79 Å². The number of nitrogens with zero attached hydrogens (tertiary/aromatic N) is 2. The second kappa shape index (κ2) is 11.2. The van der Waals surface area contributed by atoms with Crippen molar-refractivity contribution in [1.82, 2.24) is 9.55 Å². The Hall–Kier alpha value is -4.27. The lowest BCUT2D eigenvalue weighted by atomic mass is 10.1. The molecule has 2 N–H and O–H groups in total. The molecular formula is C28H28F2N4O3. The van der Waals surface area contributed by atoms with E-state index in [1.807, 2.05) is 44.2 Å². The largest absolute Gasteiger partial charge is 0.464 e. The number of fused-ring (bicyclic) bond motifs is 1. The van der Waals surface area contributed by atoms with Crippen molar-refractivity contribution in [2.75, 3.05) is 17.7 Å². The van der Waals surface area contributed by atoms with Crippen molar-refractivity contribution >= 4 is 34.3 Å². The highest BCUT2D eigenvalue weighted by atomic mass is 19.1. The molecule has 0 atom stereocenters. The number of anilines is 2. The normalized spacial score (nSPS) is 11.1. The van der Waals surface area contributed by atoms with Crippen LogP contribution in [-0.4, -0.2) is 28.5 Å². The predicted octanol–water partition coefficient (Wildman–Crippen LogP) is 5.55. The first-order valence-electron chi connectivity index (χ1n) is 11.9. The van der Waals surface area contributed by atoms with Gasteiger partial charge in [0.25, 0.3) is 0 Å². The van der Waals surface area contributed by atoms with Crippen LogP contribution in [0.4, 0.5) is 20.2 Å². The maximum absolute atomic E-state index is 14.1. The number of carbonyl (C=O) groups is 2. The number of nitrogens with one attached hydrogen (secondary N) is 2. The van der Waals surface area contributed by atoms with Gasteiger partial charge in [0, 0.05) is 24.0 Å². The van der Waals surface area contributed by atoms with E-state index in [0.717, 1.165) is 5.56 Å². The summed E-state index contributed by atoms with van der Waals surface area (Å²) >= 11 is 0. The standard InChI is InChI=1S/C28H28F2N4O3/c1-17(2)16-34-26(28(36)37-3)25(33-24(35)12-18-8-5-4-6-9-18)20-13-19(14-32-27(20)34)31-15-21-22(29)10-7-11-23(21)30/h4-11,13-14,17,31H,12,15-16H2,1-3H3,(H,33,35). The third-order valence-corrected chi connectivity index (χ3v) is 5.83. The van der Waals surface area contributed by atoms with Gasteiger partial charge in [0.1, 0.15) is 17.3 Å². The lowest BCUT2D eigenvalue weighted by Crippen LogP contribution is -2.19. The van der Waals surface area contributed by atoms with E-state index < -0.39 is 17.6 Å². The lowest BCUT2D eigenvalue weighted by molar-refractivity contribution is -0.115. The summed E-state index contributed by atoms with van der Waals surface area (Å²) in [6, 6.07) is 14.6. The van der Waals surface area contributed by atoms with Gasteiger partial charge >= 0.3 is 5.97 Å². The van der Waals surface area contributed by atoms with Crippen LogP contribution in [0.15, 0.2) is 60.8 Å². The van der Waals surface area contributed by atoms with E-state index >= 15 is 0 Å². The Balaban J connectivity index is 1.75. The summed E-state index contributed by atoms with van der Waals surface area (Å²) in [5.41, 5.74) is 2.11. The molecule has 0 bridgehead atoms. The molecule has 192 valence electrons. The quantitative estimate of drug-likeness (QED) is 0.291. The summed E-state index contributed by atoms with van der Waals surface area (Å²) in [5.74, 6) is -2.09. The van der Waals surface area contributed by atoms with Gasteiger partial charge in [-0.25, -0.2) is 18.6 Å². The minimum atomic E-state index is -0.661. The summed E-state index contributed by atoms with van der Waals surface area (Å²) < 4.78 is 35.0. The summed E-state index contributed by atoms with van der Waals surface area (Å²) in [4.78, 5) is 30.4. The highest BCUT2D eigenvalue weighted by Gasteiger charge is 2.26. The van der Waals surface area contributed by atoms with Crippen LogP contribution in [0.1, 0.15) is 35.5 Å². The van der Waals surface area contributed by atoms with Crippen LogP contribution >= 0.6 is 0 Å². The van der Waals surface area contributed by atoms with Gasteiger partial charge in [-0.15, -0.1) is 0 Å². The van der Waals surface area contributed by atoms with Gasteiger partial charge < -0.3 is 19.9 Å². The fourth-order valence-electron chi connectivity index (χ4n) is 4.16. The predicted molar refractivity (Wildman–Crippen MR) is 138 cm³/mol. The first-order chi connectivity index (χ1) is 17.8. The Labute approximate surface area is 213 Å². The average Bonchev–Trinajstić information content (AvgIpc) is 3.15. The third-order valence-electron chi connectivity index (χ3n) is 5.83. The zero-order chi connectivity index (χ0) is 26.5. The number of rotatable bonds is 9. The fraction of sp³-hybridized carbons (Fsp3) is 0.250. The summed E-state index contributed by atoms with van der Waals surface area (Å²) in [5, 5.41) is 6.37. The Morgan fingerprint density at radius 3 is 2.41 bits per heavy atom. The first kappa shape index (κ1) is 25.8. The number of esters is 1. The van der Waals surface area contributed by atoms with Crippen molar-refractivity contribution in [2.24, 2.45) is 5.92 Å². The molecule has 0 saturated heterocycles. The molecule has 2 aromatic carbocycles. The Morgan fingerprint density at radius 1 is 1.05 bits per heavy atom. The fourth-order valence-corrected chi connectivity index (χ4v) is 4.16. The second-order valence-corrected chi connectivity index (χ2v) is 9.08. The van der Waals surface area contributed by atoms with Gasteiger partial charge in [-0.2, -0.15) is 0 Å². The van der Waals surface area contributed by atoms with Crippen molar-refractivity contribution in [3.8, 4) is 0 Å². The van der Waals surface area contributed by atoms with E-state index in [-0.39, 0.29) is 41.7 Å². The molecule has 7 nitrogen and oxygen atoms in total. The van der Waals surface area contributed by atoms with E-state index in [9.17, 15) is 18.4 Å². The van der Waals surface area contributed by atoms with Gasteiger partial charge in [-0.1, -0.05) is 50.2 Å². The second-order valence-electron chi connectivity index (χ2n) is 9.08. The molecule has 0 aliphatic carbocycles. The molecule has 0 saturated carbocycles. The Morgan fingerprint density at radius 2 is 1.76 bits per heavy atom. The number of methoxy groups -OCH3 is 1. The van der Waals surface area contributed by atoms with Gasteiger partial charge in [0.15, 0.2) is 5.69 Å². The minimum Gasteiger partial charge on any atom is -0.464 e. The van der Waals surface area contributed by atoms with Crippen LogP contribution in [0.3, 0.4) is 0 Å². The van der Waals surface area contributed by atoms with Crippen LogP contribution < -0.4 is 10.6 Å². The zero-order valence-corrected chi connectivity index (χ0v) is 20.8. The zero-order valence-electron chi connectivity index (χ0n) is 20.8. The molecule has 1 amide bonds. The van der Waals surface area contributed by atoms with E-state index in [1.165, 1.54) is 31.5 Å². The van der Waals surface area contributed by atoms with E-state index in [2.05, 4.69) is 15.6 Å². The molecule has 4 aromatic rings. The summed E-state index contributed by atoms with van der Waals surface area (Å²) in [7, 11) is 1.28. The van der Waals surface area contributed by atoms with Crippen molar-refractivity contribution in [2.45, 2.75) is 33.4 Å². The number of ether oxygens (including phenoxy) is 1. The number of amides is 1. The molecular weight excluding hydrogens is 478 g/mol. The van der Waals surface area contributed by atoms with Crippen LogP contribution in [0, 0.1) is 17.6 Å². The summed E-state index contributed by atoms with van der Waals surface area (Å²) in [6.07, 6.45) is 1.63. The van der Waals surface area contributed by atoms with Gasteiger partial charge in [-0.05, 0) is 29.7 Å². The topological polar surface area (TPSA) is 85.2 Å². The van der Waals surface area contributed by atoms with E-state index in [1.54, 1.807) is 10.6 Å². The van der Waals surface area contributed by atoms with Crippen LogP contribution in [-0.2, 0) is 29.0 Å². The molecule has 9 heteroatoms. The molecule has 0 fully saturated rings. The monoisotopic (exact) mass is 506 g/mol. The molecule has 2 heterocycles. The van der Waals surface area contributed by atoms with Gasteiger partial charge in [0.05, 0.1) is 31.1 Å². The van der Waals surface area contributed by atoms with Crippen LogP contribution in [0.2, 0.25) is 0 Å². The van der Waals surface area contributed by atoms with Crippen molar-refractivity contribution in [3.05, 3.63) is 89.2 Å². The molecule has 37 heavy (non-hydrogen) atoms. The highest BCUT2D eigenvalue weighted by Crippen LogP contribution is 2.33. The number of halogens is 2. The number of hydrogen-bond acceptors (Lipinski definition) is 5. The molecule has 0 aliphatic heterocycles. The van der Waals surface area contributed by atoms with Crippen LogP contribution in [0.5, 0.6) is 0 Å². The molecule has 0 unspecified atom stereocenters. The first-order valence-corrected chi connectivity index (χ1v) is 11.9. The Bertz CT molecular complexity index is 1410. The molecule has 2 aromatic heterocycles. The van der Waals surface area contributed by atoms with Crippen molar-refractivity contribution in [1.29, 1.82) is 0 Å². The number of carbonyl (C=O) groups excluding carboxylic acids is 2. The number of hydrogen-bond donors (Lipinski definition) is 2. The summed E-state index contributed by atoms with van der Waals surface area (Å²) in [6.45, 7) is 4.34. The van der Waals surface area contributed by atoms with E-state index in [4.69, 9.17) is 4.74 Å². The number of pyridine rings is 1. The molecule has 0 aliphatic rings. The smallest absolute Gasteiger partial charge is 0.356 e. The Kier molecular flexibility index (Phi) is 7.81. The maximum atomic E-state index is 14.1. The van der Waals surface area contributed by atoms with Gasteiger partial charge in [0.2, 0.25) is 5.91 Å². The number of benzene rings is 2. The van der Waals surface area contributed by atoms with Crippen molar-refractivity contribution < 1.29 is 23.1 Å². The minimum absolute atomic E-state index is 0.105. The molecule has 4 rings (SSSR count). The highest BCUT2D eigenvalue weighted by molar-refractivity contribution is 6.11. The molecule has 0 radical (unpaired) electrons. The third kappa shape index (κ3) is 5.77. The number of aromatic nitrogens is 2.